The van der Waals surface area contributed by atoms with Crippen LogP contribution in [0.1, 0.15) is 36.7 Å². The summed E-state index contributed by atoms with van der Waals surface area (Å²) in [6.07, 6.45) is 3.29. The number of rotatable bonds is 9. The van der Waals surface area contributed by atoms with Crippen LogP contribution < -0.4 is 15.5 Å². The average Bonchev–Trinajstić information content (AvgIpc) is 3.45. The van der Waals surface area contributed by atoms with Crippen LogP contribution >= 0.6 is 0 Å². The second kappa shape index (κ2) is 13.7. The van der Waals surface area contributed by atoms with Crippen molar-refractivity contribution in [3.63, 3.8) is 0 Å². The second-order valence-electron chi connectivity index (χ2n) is 11.8. The van der Waals surface area contributed by atoms with Crippen LogP contribution in [0.3, 0.4) is 0 Å². The first-order valence-corrected chi connectivity index (χ1v) is 14.9. The molecule has 45 heavy (non-hydrogen) atoms. The molecule has 1 aliphatic rings. The number of pyridine rings is 1. The molecule has 2 aromatic heterocycles. The smallest absolute Gasteiger partial charge is 0.407 e. The predicted molar refractivity (Wildman–Crippen MR) is 172 cm³/mol. The van der Waals surface area contributed by atoms with E-state index in [1.165, 1.54) is 7.11 Å². The van der Waals surface area contributed by atoms with Crippen LogP contribution in [0, 0.1) is 11.3 Å². The summed E-state index contributed by atoms with van der Waals surface area (Å²) in [6, 6.07) is 17.7. The predicted octanol–water partition coefficient (Wildman–Crippen LogP) is 5.29. The van der Waals surface area contributed by atoms with Gasteiger partial charge in [-0.1, -0.05) is 24.3 Å². The number of nitrogens with zero attached hydrogens (tertiary/aromatic N) is 3. The number of carbonyl (C=O) groups is 2. The number of benzene rings is 2. The van der Waals surface area contributed by atoms with Crippen molar-refractivity contribution < 1.29 is 23.8 Å². The van der Waals surface area contributed by atoms with E-state index < -0.39 is 29.7 Å². The van der Waals surface area contributed by atoms with E-state index in [9.17, 15) is 14.9 Å². The van der Waals surface area contributed by atoms with Gasteiger partial charge in [0.15, 0.2) is 0 Å². The summed E-state index contributed by atoms with van der Waals surface area (Å²) in [5.74, 6) is 0.266. The van der Waals surface area contributed by atoms with Gasteiger partial charge in [-0.3, -0.25) is 0 Å². The lowest BCUT2D eigenvalue weighted by Crippen LogP contribution is -2.49. The van der Waals surface area contributed by atoms with Gasteiger partial charge in [0.05, 0.1) is 38.0 Å². The molecule has 3 heterocycles. The van der Waals surface area contributed by atoms with Gasteiger partial charge in [-0.05, 0) is 74.2 Å². The number of alkyl carbamates (subject to hydrolysis) is 1. The Morgan fingerprint density at radius 2 is 1.87 bits per heavy atom. The lowest BCUT2D eigenvalue weighted by atomic mass is 9.98. The van der Waals surface area contributed by atoms with E-state index in [1.807, 2.05) is 48.7 Å². The number of amides is 1. The Morgan fingerprint density at radius 1 is 1.11 bits per heavy atom. The van der Waals surface area contributed by atoms with Gasteiger partial charge in [-0.15, -0.1) is 0 Å². The Morgan fingerprint density at radius 3 is 2.60 bits per heavy atom. The molecule has 3 N–H and O–H groups in total. The first-order chi connectivity index (χ1) is 21.6. The standard InChI is InChI=1S/C34H38N6O5/c1-34(2,3)45-33(42)39-29(18-24-21-37-27-8-6-5-7-25(24)27)30(20-35)38-28-10-9-22(17-26(28)32(41)43-4)23-11-12-36-31(19-23)40-13-15-44-16-14-40/h5-12,17,19,21,29-30,37-38H,13-16,18H2,1-4H3,(H,39,42)/t29-,30-/m0/s1. The van der Waals surface area contributed by atoms with E-state index in [-0.39, 0.29) is 5.56 Å². The van der Waals surface area contributed by atoms with E-state index in [2.05, 4.69) is 31.6 Å². The van der Waals surface area contributed by atoms with Crippen molar-refractivity contribution >= 4 is 34.5 Å². The van der Waals surface area contributed by atoms with Crippen LogP contribution in [0.5, 0.6) is 0 Å². The van der Waals surface area contributed by atoms with Crippen molar-refractivity contribution in [2.24, 2.45) is 0 Å². The summed E-state index contributed by atoms with van der Waals surface area (Å²) in [7, 11) is 1.31. The van der Waals surface area contributed by atoms with E-state index >= 15 is 0 Å². The fourth-order valence-electron chi connectivity index (χ4n) is 5.33. The molecule has 0 radical (unpaired) electrons. The molecule has 0 spiro atoms. The molecule has 2 aromatic carbocycles. The molecule has 2 atom stereocenters. The normalized spacial score (nSPS) is 14.7. The fourth-order valence-corrected chi connectivity index (χ4v) is 5.33. The summed E-state index contributed by atoms with van der Waals surface area (Å²) in [4.78, 5) is 35.9. The number of methoxy groups -OCH3 is 1. The zero-order valence-electron chi connectivity index (χ0n) is 25.9. The van der Waals surface area contributed by atoms with Crippen LogP contribution in [0.2, 0.25) is 0 Å². The third-order valence-electron chi connectivity index (χ3n) is 7.51. The number of esters is 1. The van der Waals surface area contributed by atoms with Gasteiger partial charge in [0.25, 0.3) is 0 Å². The van der Waals surface area contributed by atoms with Gasteiger partial charge in [0, 0.05) is 42.1 Å². The number of carbonyl (C=O) groups excluding carboxylic acids is 2. The Labute approximate surface area is 262 Å². The van der Waals surface area contributed by atoms with Crippen molar-refractivity contribution in [3.8, 4) is 17.2 Å². The number of hydrogen-bond donors (Lipinski definition) is 3. The molecule has 1 amide bonds. The van der Waals surface area contributed by atoms with Crippen molar-refractivity contribution in [2.75, 3.05) is 43.6 Å². The molecule has 1 saturated heterocycles. The molecule has 0 unspecified atom stereocenters. The quantitative estimate of drug-likeness (QED) is 0.216. The maximum absolute atomic E-state index is 13.0. The Kier molecular flexibility index (Phi) is 9.54. The molecular formula is C34H38N6O5. The number of H-pyrrole nitrogens is 1. The number of para-hydroxylation sites is 1. The van der Waals surface area contributed by atoms with Crippen LogP contribution in [-0.4, -0.2) is 73.1 Å². The number of fused-ring (bicyclic) bond motifs is 1. The summed E-state index contributed by atoms with van der Waals surface area (Å²) in [5.41, 5.74) is 3.45. The highest BCUT2D eigenvalue weighted by Crippen LogP contribution is 2.29. The molecule has 0 saturated carbocycles. The van der Waals surface area contributed by atoms with Crippen molar-refractivity contribution in [3.05, 3.63) is 78.1 Å². The summed E-state index contributed by atoms with van der Waals surface area (Å²) < 4.78 is 16.1. The number of aromatic nitrogens is 2. The van der Waals surface area contributed by atoms with Crippen LogP contribution in [0.15, 0.2) is 67.0 Å². The molecule has 1 fully saturated rings. The van der Waals surface area contributed by atoms with Gasteiger partial charge in [-0.25, -0.2) is 14.6 Å². The van der Waals surface area contributed by atoms with E-state index in [1.54, 1.807) is 39.1 Å². The van der Waals surface area contributed by atoms with E-state index in [0.717, 1.165) is 46.5 Å². The minimum absolute atomic E-state index is 0.253. The third kappa shape index (κ3) is 7.72. The van der Waals surface area contributed by atoms with Gasteiger partial charge in [0.2, 0.25) is 0 Å². The maximum atomic E-state index is 13.0. The first kappa shape index (κ1) is 31.3. The molecule has 1 aliphatic heterocycles. The molecule has 234 valence electrons. The van der Waals surface area contributed by atoms with Gasteiger partial charge in [-0.2, -0.15) is 5.26 Å². The highest BCUT2D eigenvalue weighted by molar-refractivity contribution is 5.97. The second-order valence-corrected chi connectivity index (χ2v) is 11.8. The minimum atomic E-state index is -0.936. The Balaban J connectivity index is 1.45. The molecule has 4 aromatic rings. The Bertz CT molecular complexity index is 1700. The SMILES string of the molecule is COC(=O)c1cc(-c2ccnc(N3CCOCC3)c2)ccc1N[C@@H](C#N)[C@H](Cc1c[nH]c2ccccc12)NC(=O)OC(C)(C)C. The minimum Gasteiger partial charge on any atom is -0.465 e. The fraction of sp³-hybridized carbons (Fsp3) is 0.353. The monoisotopic (exact) mass is 610 g/mol. The van der Waals surface area contributed by atoms with Crippen molar-refractivity contribution in [2.45, 2.75) is 44.9 Å². The average molecular weight is 611 g/mol. The van der Waals surface area contributed by atoms with Crippen LogP contribution in [-0.2, 0) is 20.6 Å². The number of nitriles is 1. The number of morpholine rings is 1. The lowest BCUT2D eigenvalue weighted by molar-refractivity contribution is 0.0501. The molecule has 0 bridgehead atoms. The van der Waals surface area contributed by atoms with Crippen molar-refractivity contribution in [1.82, 2.24) is 15.3 Å². The van der Waals surface area contributed by atoms with Crippen molar-refractivity contribution in [1.29, 1.82) is 5.26 Å². The highest BCUT2D eigenvalue weighted by Gasteiger charge is 2.29. The summed E-state index contributed by atoms with van der Waals surface area (Å²) >= 11 is 0. The lowest BCUT2D eigenvalue weighted by Gasteiger charge is -2.28. The van der Waals surface area contributed by atoms with E-state index in [0.29, 0.717) is 25.3 Å². The molecule has 5 rings (SSSR count). The number of hydrogen-bond acceptors (Lipinski definition) is 9. The Hall–Kier alpha value is -5.08. The number of anilines is 2. The highest BCUT2D eigenvalue weighted by atomic mass is 16.6. The van der Waals surface area contributed by atoms with Gasteiger partial charge in [0.1, 0.15) is 17.5 Å². The largest absolute Gasteiger partial charge is 0.465 e. The number of ether oxygens (including phenoxy) is 3. The van der Waals surface area contributed by atoms with Gasteiger partial charge >= 0.3 is 12.1 Å². The first-order valence-electron chi connectivity index (χ1n) is 14.9. The van der Waals surface area contributed by atoms with Crippen LogP contribution in [0.4, 0.5) is 16.3 Å². The zero-order valence-corrected chi connectivity index (χ0v) is 25.9. The van der Waals surface area contributed by atoms with E-state index in [4.69, 9.17) is 14.2 Å². The molecule has 0 aliphatic carbocycles. The maximum Gasteiger partial charge on any atom is 0.407 e. The van der Waals surface area contributed by atoms with Crippen LogP contribution in [0.25, 0.3) is 22.0 Å². The topological polar surface area (TPSA) is 142 Å². The summed E-state index contributed by atoms with van der Waals surface area (Å²) in [6.45, 7) is 8.11. The third-order valence-corrected chi connectivity index (χ3v) is 7.51. The molecule has 11 nitrogen and oxygen atoms in total. The zero-order chi connectivity index (χ0) is 32.0. The molecule has 11 heteroatoms. The number of aromatic amines is 1. The summed E-state index contributed by atoms with van der Waals surface area (Å²) in [5, 5.41) is 17.4. The number of nitrogens with one attached hydrogen (secondary N) is 3. The molecular weight excluding hydrogens is 572 g/mol. The van der Waals surface area contributed by atoms with Gasteiger partial charge < -0.3 is 34.7 Å².